The van der Waals surface area contributed by atoms with Crippen molar-refractivity contribution in [3.8, 4) is 0 Å². The molecule has 0 aromatic heterocycles. The van der Waals surface area contributed by atoms with E-state index in [1.165, 1.54) is 0 Å². The van der Waals surface area contributed by atoms with Crippen molar-refractivity contribution in [2.45, 2.75) is 26.3 Å². The molecule has 0 saturated carbocycles. The molecule has 0 radical (unpaired) electrons. The molecule has 0 aliphatic heterocycles. The van der Waals surface area contributed by atoms with Crippen molar-refractivity contribution in [1.29, 1.82) is 0 Å². The van der Waals surface area contributed by atoms with Gasteiger partial charge in [-0.15, -0.1) is 0 Å². The number of aliphatic carboxylic acids is 1. The Bertz CT molecular complexity index is 319. The van der Waals surface area contributed by atoms with Gasteiger partial charge in [0.05, 0.1) is 6.61 Å². The van der Waals surface area contributed by atoms with E-state index in [4.69, 9.17) is 10.2 Å². The molecule has 0 heterocycles. The molecule has 0 aromatic carbocycles. The number of carbonyl (C=O) groups is 3. The number of urea groups is 1. The van der Waals surface area contributed by atoms with E-state index in [0.717, 1.165) is 0 Å². The molecule has 0 bridgehead atoms. The van der Waals surface area contributed by atoms with E-state index in [9.17, 15) is 14.4 Å². The molecule has 0 spiro atoms. The van der Waals surface area contributed by atoms with Crippen LogP contribution in [0.4, 0.5) is 4.79 Å². The van der Waals surface area contributed by atoms with E-state index in [2.05, 4.69) is 16.0 Å². The molecular formula is C11H21N3O5. The molecule has 0 rings (SSSR count). The van der Waals surface area contributed by atoms with E-state index in [-0.39, 0.29) is 18.9 Å². The normalized spacial score (nSPS) is 11.8. The molecule has 3 amide bonds. The number of carbonyl (C=O) groups excluding carboxylic acids is 2. The maximum Gasteiger partial charge on any atom is 0.328 e. The zero-order chi connectivity index (χ0) is 14.8. The van der Waals surface area contributed by atoms with Gasteiger partial charge in [-0.05, 0) is 5.92 Å². The van der Waals surface area contributed by atoms with Gasteiger partial charge >= 0.3 is 12.0 Å². The fourth-order valence-corrected chi connectivity index (χ4v) is 1.09. The van der Waals surface area contributed by atoms with Crippen LogP contribution in [0.5, 0.6) is 0 Å². The zero-order valence-corrected chi connectivity index (χ0v) is 11.1. The molecule has 110 valence electrons. The largest absolute Gasteiger partial charge is 0.480 e. The average Bonchev–Trinajstić information content (AvgIpc) is 2.33. The van der Waals surface area contributed by atoms with Crippen molar-refractivity contribution in [2.24, 2.45) is 5.92 Å². The minimum Gasteiger partial charge on any atom is -0.480 e. The Kier molecular flexibility index (Phi) is 8.27. The number of rotatable bonds is 8. The van der Waals surface area contributed by atoms with Crippen molar-refractivity contribution in [3.05, 3.63) is 0 Å². The van der Waals surface area contributed by atoms with Gasteiger partial charge in [0.15, 0.2) is 6.04 Å². The maximum atomic E-state index is 11.3. The summed E-state index contributed by atoms with van der Waals surface area (Å²) in [6.07, 6.45) is 0.108. The van der Waals surface area contributed by atoms with Gasteiger partial charge in [0, 0.05) is 19.5 Å². The molecule has 0 fully saturated rings. The summed E-state index contributed by atoms with van der Waals surface area (Å²) < 4.78 is 0. The van der Waals surface area contributed by atoms with Crippen LogP contribution in [-0.4, -0.2) is 53.9 Å². The molecule has 19 heavy (non-hydrogen) atoms. The molecule has 0 aliphatic carbocycles. The topological polar surface area (TPSA) is 128 Å². The number of nitrogens with one attached hydrogen (secondary N) is 3. The van der Waals surface area contributed by atoms with Crippen LogP contribution in [-0.2, 0) is 9.59 Å². The first-order valence-electron chi connectivity index (χ1n) is 6.01. The molecule has 8 nitrogen and oxygen atoms in total. The third-order valence-electron chi connectivity index (χ3n) is 2.13. The lowest BCUT2D eigenvalue weighted by atomic mass is 10.2. The first kappa shape index (κ1) is 17.2. The van der Waals surface area contributed by atoms with Gasteiger partial charge in [-0.3, -0.25) is 4.79 Å². The summed E-state index contributed by atoms with van der Waals surface area (Å²) in [7, 11) is 0. The third-order valence-corrected chi connectivity index (χ3v) is 2.13. The van der Waals surface area contributed by atoms with Crippen LogP contribution in [0, 0.1) is 5.92 Å². The van der Waals surface area contributed by atoms with E-state index in [1.54, 1.807) is 0 Å². The van der Waals surface area contributed by atoms with Gasteiger partial charge in [0.2, 0.25) is 5.91 Å². The highest BCUT2D eigenvalue weighted by Gasteiger charge is 2.18. The monoisotopic (exact) mass is 275 g/mol. The highest BCUT2D eigenvalue weighted by Crippen LogP contribution is 1.88. The van der Waals surface area contributed by atoms with Crippen LogP contribution in [0.15, 0.2) is 0 Å². The number of aliphatic hydroxyl groups excluding tert-OH is 1. The van der Waals surface area contributed by atoms with Crippen LogP contribution >= 0.6 is 0 Å². The van der Waals surface area contributed by atoms with E-state index >= 15 is 0 Å². The van der Waals surface area contributed by atoms with E-state index in [0.29, 0.717) is 12.5 Å². The Morgan fingerprint density at radius 1 is 1.16 bits per heavy atom. The molecule has 1 atom stereocenters. The lowest BCUT2D eigenvalue weighted by Gasteiger charge is -2.12. The smallest absolute Gasteiger partial charge is 0.328 e. The Balaban J connectivity index is 3.79. The fourth-order valence-electron chi connectivity index (χ4n) is 1.09. The van der Waals surface area contributed by atoms with Gasteiger partial charge in [0.25, 0.3) is 0 Å². The Morgan fingerprint density at radius 3 is 2.26 bits per heavy atom. The second-order valence-electron chi connectivity index (χ2n) is 4.42. The van der Waals surface area contributed by atoms with Crippen molar-refractivity contribution in [1.82, 2.24) is 16.0 Å². The summed E-state index contributed by atoms with van der Waals surface area (Å²) >= 11 is 0. The second-order valence-corrected chi connectivity index (χ2v) is 4.42. The average molecular weight is 275 g/mol. The standard InChI is InChI=1S/C11H21N3O5/c1-7(2)5-13-9(16)3-4-12-11(19)14-8(6-15)10(17)18/h7-8,15H,3-6H2,1-2H3,(H,13,16)(H,17,18)(H2,12,14,19)/t8-/m1/s1. The first-order valence-corrected chi connectivity index (χ1v) is 6.01. The Morgan fingerprint density at radius 2 is 1.79 bits per heavy atom. The zero-order valence-electron chi connectivity index (χ0n) is 11.1. The van der Waals surface area contributed by atoms with E-state index in [1.807, 2.05) is 13.8 Å². The summed E-state index contributed by atoms with van der Waals surface area (Å²) in [5.41, 5.74) is 0. The lowest BCUT2D eigenvalue weighted by Crippen LogP contribution is -2.48. The second kappa shape index (κ2) is 9.15. The summed E-state index contributed by atoms with van der Waals surface area (Å²) in [4.78, 5) is 33.1. The molecule has 0 saturated heterocycles. The van der Waals surface area contributed by atoms with Gasteiger partial charge in [-0.1, -0.05) is 13.8 Å². The number of hydrogen-bond acceptors (Lipinski definition) is 4. The van der Waals surface area contributed by atoms with Crippen molar-refractivity contribution in [3.63, 3.8) is 0 Å². The molecule has 5 N–H and O–H groups in total. The van der Waals surface area contributed by atoms with Crippen LogP contribution in [0.2, 0.25) is 0 Å². The summed E-state index contributed by atoms with van der Waals surface area (Å²) in [5.74, 6) is -1.17. The number of carboxylic acids is 1. The molecule has 0 aliphatic rings. The van der Waals surface area contributed by atoms with Crippen LogP contribution in [0.25, 0.3) is 0 Å². The van der Waals surface area contributed by atoms with Crippen molar-refractivity contribution < 1.29 is 24.6 Å². The Labute approximate surface area is 111 Å². The third kappa shape index (κ3) is 8.83. The molecular weight excluding hydrogens is 254 g/mol. The van der Waals surface area contributed by atoms with Gasteiger partial charge in [-0.2, -0.15) is 0 Å². The molecule has 8 heteroatoms. The number of amides is 3. The van der Waals surface area contributed by atoms with Gasteiger partial charge in [-0.25, -0.2) is 9.59 Å². The number of aliphatic hydroxyl groups is 1. The first-order chi connectivity index (χ1) is 8.86. The summed E-state index contributed by atoms with van der Waals surface area (Å²) in [5, 5.41) is 24.4. The minimum atomic E-state index is -1.35. The summed E-state index contributed by atoms with van der Waals surface area (Å²) in [6, 6.07) is -2.09. The van der Waals surface area contributed by atoms with E-state index < -0.39 is 24.6 Å². The predicted molar refractivity (Wildman–Crippen MR) is 67.5 cm³/mol. The fraction of sp³-hybridized carbons (Fsp3) is 0.727. The lowest BCUT2D eigenvalue weighted by molar-refractivity contribution is -0.140. The van der Waals surface area contributed by atoms with Crippen LogP contribution in [0.3, 0.4) is 0 Å². The highest BCUT2D eigenvalue weighted by molar-refractivity contribution is 5.83. The van der Waals surface area contributed by atoms with Crippen molar-refractivity contribution in [2.75, 3.05) is 19.7 Å². The number of carboxylic acid groups (broad SMARTS) is 1. The maximum absolute atomic E-state index is 11.3. The van der Waals surface area contributed by atoms with Gasteiger partial charge < -0.3 is 26.2 Å². The summed E-state index contributed by atoms with van der Waals surface area (Å²) in [6.45, 7) is 3.89. The predicted octanol–water partition coefficient (Wildman–Crippen LogP) is -1.11. The molecule has 0 unspecified atom stereocenters. The highest BCUT2D eigenvalue weighted by atomic mass is 16.4. The quantitative estimate of drug-likeness (QED) is 0.384. The minimum absolute atomic E-state index is 0.0908. The van der Waals surface area contributed by atoms with Crippen molar-refractivity contribution >= 4 is 17.9 Å². The van der Waals surface area contributed by atoms with Crippen LogP contribution in [0.1, 0.15) is 20.3 Å². The molecule has 0 aromatic rings. The number of hydrogen-bond donors (Lipinski definition) is 5. The Hall–Kier alpha value is -1.83. The SMILES string of the molecule is CC(C)CNC(=O)CCNC(=O)N[C@H](CO)C(=O)O. The van der Waals surface area contributed by atoms with Crippen LogP contribution < -0.4 is 16.0 Å². The van der Waals surface area contributed by atoms with Gasteiger partial charge in [0.1, 0.15) is 0 Å².